The van der Waals surface area contributed by atoms with Crippen molar-refractivity contribution in [2.24, 2.45) is 5.92 Å². The van der Waals surface area contributed by atoms with Crippen LogP contribution in [-0.2, 0) is 0 Å². The molecule has 1 heteroatoms. The van der Waals surface area contributed by atoms with Gasteiger partial charge < -0.3 is 0 Å². The smallest absolute Gasteiger partial charge is 0.0371 e. The van der Waals surface area contributed by atoms with E-state index < -0.39 is 0 Å². The summed E-state index contributed by atoms with van der Waals surface area (Å²) in [6.07, 6.45) is 8.95. The summed E-state index contributed by atoms with van der Waals surface area (Å²) in [6.45, 7) is 2.21. The molecule has 0 saturated heterocycles. The molecule has 0 spiro atoms. The SMILES string of the molecule is CC1=CC=CC2SC=CC12. The van der Waals surface area contributed by atoms with E-state index in [1.807, 2.05) is 11.8 Å². The van der Waals surface area contributed by atoms with Gasteiger partial charge in [0, 0.05) is 11.2 Å². The van der Waals surface area contributed by atoms with Gasteiger partial charge >= 0.3 is 0 Å². The molecule has 0 bridgehead atoms. The molecule has 0 amide bonds. The van der Waals surface area contributed by atoms with E-state index in [-0.39, 0.29) is 0 Å². The molecule has 0 nitrogen and oxygen atoms in total. The Hall–Kier alpha value is -0.430. The summed E-state index contributed by atoms with van der Waals surface area (Å²) < 4.78 is 0. The maximum atomic E-state index is 2.30. The van der Waals surface area contributed by atoms with Gasteiger partial charge in [-0.05, 0) is 12.3 Å². The lowest BCUT2D eigenvalue weighted by atomic mass is 9.93. The second kappa shape index (κ2) is 2.31. The maximum Gasteiger partial charge on any atom is 0.0371 e. The minimum Gasteiger partial charge on any atom is -0.126 e. The molecule has 0 radical (unpaired) electrons. The van der Waals surface area contributed by atoms with E-state index in [1.165, 1.54) is 5.57 Å². The molecule has 2 rings (SSSR count). The molecular formula is C9H10S. The molecule has 1 aliphatic carbocycles. The van der Waals surface area contributed by atoms with E-state index in [4.69, 9.17) is 0 Å². The van der Waals surface area contributed by atoms with E-state index in [2.05, 4.69) is 36.6 Å². The molecule has 0 aromatic heterocycles. The van der Waals surface area contributed by atoms with Crippen molar-refractivity contribution < 1.29 is 0 Å². The molecule has 0 saturated carbocycles. The zero-order valence-corrected chi connectivity index (χ0v) is 6.77. The summed E-state index contributed by atoms with van der Waals surface area (Å²) in [5, 5.41) is 2.91. The second-order valence-electron chi connectivity index (χ2n) is 2.75. The van der Waals surface area contributed by atoms with Crippen molar-refractivity contribution >= 4 is 11.8 Å². The molecule has 1 heterocycles. The van der Waals surface area contributed by atoms with Crippen LogP contribution in [0, 0.1) is 5.92 Å². The quantitative estimate of drug-likeness (QED) is 0.511. The first-order valence-electron chi connectivity index (χ1n) is 3.55. The van der Waals surface area contributed by atoms with E-state index in [0.717, 1.165) is 0 Å². The van der Waals surface area contributed by atoms with Gasteiger partial charge in [-0.1, -0.05) is 29.9 Å². The summed E-state index contributed by atoms with van der Waals surface area (Å²) >= 11 is 1.92. The highest BCUT2D eigenvalue weighted by Crippen LogP contribution is 2.37. The number of hydrogen-bond acceptors (Lipinski definition) is 1. The standard InChI is InChI=1S/C9H10S/c1-7-3-2-4-9-8(7)5-6-10-9/h2-6,8-9H,1H3. The predicted molar refractivity (Wildman–Crippen MR) is 46.9 cm³/mol. The van der Waals surface area contributed by atoms with Crippen LogP contribution in [0.25, 0.3) is 0 Å². The molecule has 0 N–H and O–H groups in total. The van der Waals surface area contributed by atoms with Gasteiger partial charge in [0.15, 0.2) is 0 Å². The Kier molecular flexibility index (Phi) is 1.46. The average molecular weight is 150 g/mol. The highest BCUT2D eigenvalue weighted by Gasteiger charge is 2.23. The van der Waals surface area contributed by atoms with Crippen LogP contribution in [-0.4, -0.2) is 5.25 Å². The van der Waals surface area contributed by atoms with E-state index >= 15 is 0 Å². The number of fused-ring (bicyclic) bond motifs is 1. The Balaban J connectivity index is 2.30. The molecule has 0 aromatic rings. The van der Waals surface area contributed by atoms with Gasteiger partial charge in [-0.15, -0.1) is 11.8 Å². The zero-order valence-electron chi connectivity index (χ0n) is 5.95. The van der Waals surface area contributed by atoms with Gasteiger partial charge in [0.2, 0.25) is 0 Å². The monoisotopic (exact) mass is 150 g/mol. The fourth-order valence-electron chi connectivity index (χ4n) is 1.42. The fourth-order valence-corrected chi connectivity index (χ4v) is 2.52. The summed E-state index contributed by atoms with van der Waals surface area (Å²) in [5.41, 5.74) is 1.49. The third kappa shape index (κ3) is 0.853. The predicted octanol–water partition coefficient (Wildman–Crippen LogP) is 2.75. The molecule has 0 fully saturated rings. The van der Waals surface area contributed by atoms with Crippen molar-refractivity contribution in [1.82, 2.24) is 0 Å². The Morgan fingerprint density at radius 1 is 1.40 bits per heavy atom. The highest BCUT2D eigenvalue weighted by atomic mass is 32.2. The zero-order chi connectivity index (χ0) is 6.97. The van der Waals surface area contributed by atoms with Gasteiger partial charge in [-0.2, -0.15) is 0 Å². The molecule has 0 aromatic carbocycles. The van der Waals surface area contributed by atoms with E-state index in [9.17, 15) is 0 Å². The van der Waals surface area contributed by atoms with Crippen molar-refractivity contribution in [3.63, 3.8) is 0 Å². The third-order valence-electron chi connectivity index (χ3n) is 2.06. The van der Waals surface area contributed by atoms with Crippen LogP contribution in [0.3, 0.4) is 0 Å². The Morgan fingerprint density at radius 2 is 2.30 bits per heavy atom. The topological polar surface area (TPSA) is 0 Å². The summed E-state index contributed by atoms with van der Waals surface area (Å²) in [4.78, 5) is 0. The Bertz CT molecular complexity index is 223. The van der Waals surface area contributed by atoms with E-state index in [1.54, 1.807) is 0 Å². The lowest BCUT2D eigenvalue weighted by Crippen LogP contribution is -2.12. The third-order valence-corrected chi connectivity index (χ3v) is 3.14. The minimum atomic E-state index is 0.690. The van der Waals surface area contributed by atoms with Crippen molar-refractivity contribution in [3.8, 4) is 0 Å². The van der Waals surface area contributed by atoms with E-state index in [0.29, 0.717) is 11.2 Å². The van der Waals surface area contributed by atoms with Crippen LogP contribution in [0.15, 0.2) is 35.3 Å². The van der Waals surface area contributed by atoms with Crippen LogP contribution < -0.4 is 0 Å². The Morgan fingerprint density at radius 3 is 3.10 bits per heavy atom. The van der Waals surface area contributed by atoms with Crippen molar-refractivity contribution in [3.05, 3.63) is 35.3 Å². The summed E-state index contributed by atoms with van der Waals surface area (Å²) in [7, 11) is 0. The molecule has 2 aliphatic rings. The first kappa shape index (κ1) is 6.29. The van der Waals surface area contributed by atoms with Crippen molar-refractivity contribution in [2.45, 2.75) is 12.2 Å². The average Bonchev–Trinajstić information content (AvgIpc) is 2.36. The largest absolute Gasteiger partial charge is 0.126 e. The molecule has 52 valence electrons. The first-order valence-corrected chi connectivity index (χ1v) is 4.49. The second-order valence-corrected chi connectivity index (χ2v) is 3.84. The lowest BCUT2D eigenvalue weighted by molar-refractivity contribution is 0.794. The van der Waals surface area contributed by atoms with Gasteiger partial charge in [0.05, 0.1) is 0 Å². The van der Waals surface area contributed by atoms with Crippen LogP contribution in [0.5, 0.6) is 0 Å². The summed E-state index contributed by atoms with van der Waals surface area (Å²) in [6, 6.07) is 0. The van der Waals surface area contributed by atoms with Crippen molar-refractivity contribution in [1.29, 1.82) is 0 Å². The minimum absolute atomic E-state index is 0.690. The van der Waals surface area contributed by atoms with Crippen molar-refractivity contribution in [2.75, 3.05) is 0 Å². The molecule has 1 aliphatic heterocycles. The van der Waals surface area contributed by atoms with Crippen LogP contribution in [0.1, 0.15) is 6.92 Å². The fraction of sp³-hybridized carbons (Fsp3) is 0.333. The lowest BCUT2D eigenvalue weighted by Gasteiger charge is -2.18. The highest BCUT2D eigenvalue weighted by molar-refractivity contribution is 8.03. The maximum absolute atomic E-state index is 2.30. The normalized spacial score (nSPS) is 35.9. The number of rotatable bonds is 0. The van der Waals surface area contributed by atoms with Gasteiger partial charge in [-0.25, -0.2) is 0 Å². The molecular weight excluding hydrogens is 140 g/mol. The number of thioether (sulfide) groups is 1. The molecule has 2 unspecified atom stereocenters. The Labute approximate surface area is 65.7 Å². The number of hydrogen-bond donors (Lipinski definition) is 0. The molecule has 2 atom stereocenters. The van der Waals surface area contributed by atoms with Gasteiger partial charge in [-0.3, -0.25) is 0 Å². The first-order chi connectivity index (χ1) is 4.88. The van der Waals surface area contributed by atoms with Gasteiger partial charge in [0.25, 0.3) is 0 Å². The number of allylic oxidation sites excluding steroid dienone is 4. The summed E-state index contributed by atoms with van der Waals surface area (Å²) in [5.74, 6) is 0.690. The molecule has 10 heavy (non-hydrogen) atoms. The van der Waals surface area contributed by atoms with Crippen LogP contribution in [0.2, 0.25) is 0 Å². The van der Waals surface area contributed by atoms with Gasteiger partial charge in [0.1, 0.15) is 0 Å². The van der Waals surface area contributed by atoms with Crippen LogP contribution >= 0.6 is 11.8 Å². The van der Waals surface area contributed by atoms with Crippen LogP contribution in [0.4, 0.5) is 0 Å².